The van der Waals surface area contributed by atoms with Crippen molar-refractivity contribution < 1.29 is 0 Å². The van der Waals surface area contributed by atoms with Crippen molar-refractivity contribution in [2.24, 2.45) is 11.8 Å². The minimum absolute atomic E-state index is 0.866. The summed E-state index contributed by atoms with van der Waals surface area (Å²) in [5, 5.41) is 0. The topological polar surface area (TPSA) is 0 Å². The van der Waals surface area contributed by atoms with E-state index >= 15 is 0 Å². The summed E-state index contributed by atoms with van der Waals surface area (Å²) in [6.07, 6.45) is 3.82. The van der Waals surface area contributed by atoms with Crippen LogP contribution in [0, 0.1) is 11.8 Å². The van der Waals surface area contributed by atoms with Crippen molar-refractivity contribution in [2.75, 3.05) is 0 Å². The van der Waals surface area contributed by atoms with E-state index in [0.717, 1.165) is 11.8 Å². The average molecular weight is 218 g/mol. The SMILES string of the molecule is CC.CCC.CCC.CCC(C)C(C)C. The van der Waals surface area contributed by atoms with Gasteiger partial charge in [0.25, 0.3) is 0 Å². The highest BCUT2D eigenvalue weighted by Crippen LogP contribution is 2.11. The summed E-state index contributed by atoms with van der Waals surface area (Å²) in [4.78, 5) is 0. The predicted octanol–water partition coefficient (Wildman–Crippen LogP) is 6.55. The van der Waals surface area contributed by atoms with Crippen molar-refractivity contribution in [3.8, 4) is 0 Å². The van der Waals surface area contributed by atoms with Gasteiger partial charge >= 0.3 is 0 Å². The van der Waals surface area contributed by atoms with Crippen molar-refractivity contribution in [1.82, 2.24) is 0 Å². The molecule has 98 valence electrons. The van der Waals surface area contributed by atoms with Crippen molar-refractivity contribution in [2.45, 2.75) is 88.5 Å². The molecule has 0 fully saturated rings. The van der Waals surface area contributed by atoms with Crippen LogP contribution in [0.3, 0.4) is 0 Å². The maximum atomic E-state index is 2.30. The van der Waals surface area contributed by atoms with E-state index in [9.17, 15) is 0 Å². The highest BCUT2D eigenvalue weighted by atomic mass is 14.1. The molecule has 0 heteroatoms. The van der Waals surface area contributed by atoms with Crippen LogP contribution in [0.25, 0.3) is 0 Å². The number of hydrogen-bond acceptors (Lipinski definition) is 0. The van der Waals surface area contributed by atoms with Gasteiger partial charge in [0.1, 0.15) is 0 Å². The Kier molecular flexibility index (Phi) is 47.3. The molecule has 1 unspecified atom stereocenters. The molecule has 0 radical (unpaired) electrons. The molecular formula is C15H38. The summed E-state index contributed by atoms with van der Waals surface area (Å²) in [7, 11) is 0. The van der Waals surface area contributed by atoms with Crippen LogP contribution in [0.2, 0.25) is 0 Å². The zero-order valence-corrected chi connectivity index (χ0v) is 13.3. The van der Waals surface area contributed by atoms with Crippen molar-refractivity contribution in [3.63, 3.8) is 0 Å². The molecule has 0 N–H and O–H groups in total. The van der Waals surface area contributed by atoms with Crippen molar-refractivity contribution in [1.29, 1.82) is 0 Å². The maximum Gasteiger partial charge on any atom is -0.0422 e. The number of hydrogen-bond donors (Lipinski definition) is 0. The van der Waals surface area contributed by atoms with E-state index in [1.165, 1.54) is 19.3 Å². The molecule has 0 amide bonds. The van der Waals surface area contributed by atoms with Crippen LogP contribution < -0.4 is 0 Å². The quantitative estimate of drug-likeness (QED) is 0.493. The summed E-state index contributed by atoms with van der Waals surface area (Å²) < 4.78 is 0. The minimum atomic E-state index is 0.866. The van der Waals surface area contributed by atoms with Gasteiger partial charge in [0.15, 0.2) is 0 Å². The largest absolute Gasteiger partial charge is 0.0683 e. The first-order valence-corrected chi connectivity index (χ1v) is 7.01. The lowest BCUT2D eigenvalue weighted by atomic mass is 9.96. The van der Waals surface area contributed by atoms with Crippen LogP contribution in [-0.4, -0.2) is 0 Å². The Balaban J connectivity index is -0.0000000638. The Labute approximate surface area is 101 Å². The Bertz CT molecular complexity index is 53.1. The van der Waals surface area contributed by atoms with Gasteiger partial charge in [-0.25, -0.2) is 0 Å². The van der Waals surface area contributed by atoms with Crippen LogP contribution in [0.5, 0.6) is 0 Å². The van der Waals surface area contributed by atoms with Gasteiger partial charge in [0.2, 0.25) is 0 Å². The summed E-state index contributed by atoms with van der Waals surface area (Å²) >= 11 is 0. The standard InChI is InChI=1S/C7H16.2C3H8.C2H6/c1-5-7(4)6(2)3;2*1-3-2;1-2/h6-7H,5H2,1-4H3;2*3H2,1-2H3;1-2H3. The molecule has 0 aromatic rings. The monoisotopic (exact) mass is 218 g/mol. The lowest BCUT2D eigenvalue weighted by Crippen LogP contribution is -2.00. The lowest BCUT2D eigenvalue weighted by molar-refractivity contribution is 0.407. The van der Waals surface area contributed by atoms with Gasteiger partial charge in [0, 0.05) is 0 Å². The Morgan fingerprint density at radius 2 is 0.867 bits per heavy atom. The maximum absolute atomic E-state index is 2.30. The molecule has 0 aromatic carbocycles. The van der Waals surface area contributed by atoms with Gasteiger partial charge in [-0.3, -0.25) is 0 Å². The fourth-order valence-electron chi connectivity index (χ4n) is 0.471. The highest BCUT2D eigenvalue weighted by molar-refractivity contribution is 4.52. The third kappa shape index (κ3) is 56.0. The second-order valence-electron chi connectivity index (χ2n) is 4.04. The van der Waals surface area contributed by atoms with Crippen LogP contribution in [0.4, 0.5) is 0 Å². The molecular weight excluding hydrogens is 180 g/mol. The predicted molar refractivity (Wildman–Crippen MR) is 77.6 cm³/mol. The van der Waals surface area contributed by atoms with Crippen LogP contribution >= 0.6 is 0 Å². The Morgan fingerprint density at radius 1 is 0.667 bits per heavy atom. The van der Waals surface area contributed by atoms with Crippen LogP contribution in [-0.2, 0) is 0 Å². The molecule has 0 aliphatic rings. The van der Waals surface area contributed by atoms with E-state index < -0.39 is 0 Å². The van der Waals surface area contributed by atoms with Crippen LogP contribution in [0.15, 0.2) is 0 Å². The van der Waals surface area contributed by atoms with Gasteiger partial charge in [-0.2, -0.15) is 0 Å². The van der Waals surface area contributed by atoms with Gasteiger partial charge < -0.3 is 0 Å². The zero-order chi connectivity index (χ0) is 13.3. The smallest absolute Gasteiger partial charge is 0.0422 e. The minimum Gasteiger partial charge on any atom is -0.0683 e. The van der Waals surface area contributed by atoms with Gasteiger partial charge in [0.05, 0.1) is 0 Å². The van der Waals surface area contributed by atoms with E-state index in [4.69, 9.17) is 0 Å². The highest BCUT2D eigenvalue weighted by Gasteiger charge is 2.01. The molecule has 15 heavy (non-hydrogen) atoms. The molecule has 0 heterocycles. The fraction of sp³-hybridized carbons (Fsp3) is 1.00. The van der Waals surface area contributed by atoms with Crippen LogP contribution in [0.1, 0.15) is 88.5 Å². The third-order valence-electron chi connectivity index (χ3n) is 1.78. The van der Waals surface area contributed by atoms with E-state index in [-0.39, 0.29) is 0 Å². The Morgan fingerprint density at radius 3 is 0.867 bits per heavy atom. The summed E-state index contributed by atoms with van der Waals surface area (Å²) in [5.74, 6) is 1.77. The molecule has 0 saturated heterocycles. The molecule has 0 aliphatic heterocycles. The fourth-order valence-corrected chi connectivity index (χ4v) is 0.471. The first kappa shape index (κ1) is 24.3. The first-order chi connectivity index (χ1) is 7.01. The van der Waals surface area contributed by atoms with Gasteiger partial charge in [-0.1, -0.05) is 88.5 Å². The van der Waals surface area contributed by atoms with E-state index in [2.05, 4.69) is 55.4 Å². The molecule has 1 atom stereocenters. The van der Waals surface area contributed by atoms with E-state index in [1.54, 1.807) is 0 Å². The molecule has 0 saturated carbocycles. The first-order valence-electron chi connectivity index (χ1n) is 7.01. The Hall–Kier alpha value is 0. The molecule has 0 nitrogen and oxygen atoms in total. The second-order valence-corrected chi connectivity index (χ2v) is 4.04. The molecule has 0 aliphatic carbocycles. The molecule has 0 aromatic heterocycles. The van der Waals surface area contributed by atoms with Gasteiger partial charge in [-0.15, -0.1) is 0 Å². The van der Waals surface area contributed by atoms with E-state index in [0.29, 0.717) is 0 Å². The second kappa shape index (κ2) is 29.2. The van der Waals surface area contributed by atoms with E-state index in [1.807, 2.05) is 13.8 Å². The lowest BCUT2D eigenvalue weighted by Gasteiger charge is -2.10. The number of rotatable bonds is 2. The van der Waals surface area contributed by atoms with Crippen molar-refractivity contribution >= 4 is 0 Å². The molecule has 0 rings (SSSR count). The molecule has 0 spiro atoms. The van der Waals surface area contributed by atoms with Crippen molar-refractivity contribution in [3.05, 3.63) is 0 Å². The normalized spacial score (nSPS) is 9.80. The zero-order valence-electron chi connectivity index (χ0n) is 13.3. The summed E-state index contributed by atoms with van der Waals surface area (Å²) in [5.41, 5.74) is 0. The average Bonchev–Trinajstić information content (AvgIpc) is 2.22. The summed E-state index contributed by atoms with van der Waals surface area (Å²) in [6.45, 7) is 21.6. The third-order valence-corrected chi connectivity index (χ3v) is 1.78. The molecule has 0 bridgehead atoms. The summed E-state index contributed by atoms with van der Waals surface area (Å²) in [6, 6.07) is 0. The van der Waals surface area contributed by atoms with Gasteiger partial charge in [-0.05, 0) is 11.8 Å².